The number of Topliss-reactive ketones (excluding diaryl/α,β-unsaturated/α-hetero) is 1. The Hall–Kier alpha value is -2.88. The smallest absolute Gasteiger partial charge is 0.227 e. The average Bonchev–Trinajstić information content (AvgIpc) is 3.37. The Morgan fingerprint density at radius 3 is 2.61 bits per heavy atom. The van der Waals surface area contributed by atoms with Gasteiger partial charge in [0.1, 0.15) is 5.78 Å². The van der Waals surface area contributed by atoms with Crippen LogP contribution in [-0.2, 0) is 22.4 Å². The Bertz CT molecular complexity index is 1110. The van der Waals surface area contributed by atoms with E-state index in [0.717, 1.165) is 56.0 Å². The van der Waals surface area contributed by atoms with Crippen LogP contribution in [0.1, 0.15) is 73.4 Å². The first-order valence-corrected chi connectivity index (χ1v) is 11.6. The highest BCUT2D eigenvalue weighted by molar-refractivity contribution is 5.87. The van der Waals surface area contributed by atoms with Crippen LogP contribution in [0.25, 0.3) is 10.9 Å². The number of rotatable bonds is 5. The predicted molar refractivity (Wildman–Crippen MR) is 123 cm³/mol. The molecule has 31 heavy (non-hydrogen) atoms. The number of amides is 1. The van der Waals surface area contributed by atoms with Gasteiger partial charge >= 0.3 is 0 Å². The number of aromatic nitrogens is 1. The van der Waals surface area contributed by atoms with Crippen molar-refractivity contribution >= 4 is 22.6 Å². The molecule has 1 saturated carbocycles. The molecule has 1 amide bonds. The SMILES string of the molecule is C[C@H](C(=O)N[C@@H]1CCCc2c1[nH]c1ccccc21)c1ccc(C[C@@H]2CCCC2=O)cc1. The third-order valence-corrected chi connectivity index (χ3v) is 7.22. The second-order valence-electron chi connectivity index (χ2n) is 9.24. The van der Waals surface area contributed by atoms with Crippen molar-refractivity contribution in [1.82, 2.24) is 10.3 Å². The van der Waals surface area contributed by atoms with Gasteiger partial charge in [0.15, 0.2) is 0 Å². The number of aromatic amines is 1. The molecular weight excluding hydrogens is 384 g/mol. The predicted octanol–water partition coefficient (Wildman–Crippen LogP) is 5.38. The third kappa shape index (κ3) is 3.91. The molecular formula is C27H30N2O2. The van der Waals surface area contributed by atoms with Gasteiger partial charge in [0.2, 0.25) is 5.91 Å². The summed E-state index contributed by atoms with van der Waals surface area (Å²) < 4.78 is 0. The van der Waals surface area contributed by atoms with Crippen molar-refractivity contribution in [3.8, 4) is 0 Å². The molecule has 0 aliphatic heterocycles. The summed E-state index contributed by atoms with van der Waals surface area (Å²) in [5.41, 5.74) is 5.88. The van der Waals surface area contributed by atoms with E-state index < -0.39 is 0 Å². The number of para-hydroxylation sites is 1. The molecule has 4 heteroatoms. The molecule has 0 spiro atoms. The molecule has 1 fully saturated rings. The zero-order chi connectivity index (χ0) is 21.4. The lowest BCUT2D eigenvalue weighted by atomic mass is 9.90. The summed E-state index contributed by atoms with van der Waals surface area (Å²) in [6.07, 6.45) is 6.71. The van der Waals surface area contributed by atoms with Gasteiger partial charge in [-0.1, -0.05) is 42.5 Å². The van der Waals surface area contributed by atoms with Crippen LogP contribution in [0.4, 0.5) is 0 Å². The van der Waals surface area contributed by atoms with Crippen LogP contribution in [0.15, 0.2) is 48.5 Å². The Balaban J connectivity index is 1.27. The minimum Gasteiger partial charge on any atom is -0.356 e. The molecule has 160 valence electrons. The Labute approximate surface area is 183 Å². The monoisotopic (exact) mass is 414 g/mol. The fourth-order valence-electron chi connectivity index (χ4n) is 5.34. The van der Waals surface area contributed by atoms with E-state index in [-0.39, 0.29) is 23.8 Å². The van der Waals surface area contributed by atoms with Gasteiger partial charge in [-0.3, -0.25) is 9.59 Å². The Morgan fingerprint density at radius 2 is 1.84 bits per heavy atom. The third-order valence-electron chi connectivity index (χ3n) is 7.22. The molecule has 0 unspecified atom stereocenters. The van der Waals surface area contributed by atoms with Crippen molar-refractivity contribution in [3.05, 3.63) is 70.9 Å². The first-order valence-electron chi connectivity index (χ1n) is 11.6. The molecule has 0 saturated heterocycles. The van der Waals surface area contributed by atoms with E-state index in [2.05, 4.69) is 40.6 Å². The lowest BCUT2D eigenvalue weighted by Crippen LogP contribution is -2.34. The van der Waals surface area contributed by atoms with Gasteiger partial charge in [-0.2, -0.15) is 0 Å². The summed E-state index contributed by atoms with van der Waals surface area (Å²) in [5.74, 6) is 0.441. The van der Waals surface area contributed by atoms with Gasteiger partial charge in [-0.15, -0.1) is 0 Å². The first kappa shape index (κ1) is 20.0. The van der Waals surface area contributed by atoms with E-state index in [9.17, 15) is 9.59 Å². The number of ketones is 1. The summed E-state index contributed by atoms with van der Waals surface area (Å²) >= 11 is 0. The minimum absolute atomic E-state index is 0.0405. The maximum Gasteiger partial charge on any atom is 0.227 e. The molecule has 3 atom stereocenters. The molecule has 2 N–H and O–H groups in total. The van der Waals surface area contributed by atoms with Gasteiger partial charge in [0.25, 0.3) is 0 Å². The zero-order valence-electron chi connectivity index (χ0n) is 18.1. The van der Waals surface area contributed by atoms with Crippen molar-refractivity contribution < 1.29 is 9.59 Å². The normalized spacial score (nSPS) is 21.8. The van der Waals surface area contributed by atoms with E-state index in [1.54, 1.807) is 0 Å². The fraction of sp³-hybridized carbons (Fsp3) is 0.407. The maximum absolute atomic E-state index is 13.1. The number of H-pyrrole nitrogens is 1. The quantitative estimate of drug-likeness (QED) is 0.589. The van der Waals surface area contributed by atoms with Gasteiger partial charge in [-0.25, -0.2) is 0 Å². The number of benzene rings is 2. The van der Waals surface area contributed by atoms with E-state index in [0.29, 0.717) is 5.78 Å². The molecule has 2 aliphatic carbocycles. The summed E-state index contributed by atoms with van der Waals surface area (Å²) in [6.45, 7) is 1.97. The standard InChI is InChI=1S/C27H30N2O2/c1-17(19-14-12-18(13-15-19)16-20-6-4-11-25(20)30)27(31)29-24-10-5-8-22-21-7-2-3-9-23(21)28-26(22)24/h2-3,7,9,12-15,17,20,24,28H,4-6,8,10-11,16H2,1H3,(H,29,31)/t17-,20-,24+/m0/s1. The number of carbonyl (C=O) groups excluding carboxylic acids is 2. The van der Waals surface area contributed by atoms with Crippen molar-refractivity contribution in [2.24, 2.45) is 5.92 Å². The second kappa shape index (κ2) is 8.33. The largest absolute Gasteiger partial charge is 0.356 e. The molecule has 4 nitrogen and oxygen atoms in total. The summed E-state index contributed by atoms with van der Waals surface area (Å²) in [7, 11) is 0. The van der Waals surface area contributed by atoms with Crippen LogP contribution in [-0.4, -0.2) is 16.7 Å². The zero-order valence-corrected chi connectivity index (χ0v) is 18.1. The van der Waals surface area contributed by atoms with E-state index in [1.807, 2.05) is 25.1 Å². The molecule has 2 aromatic carbocycles. The minimum atomic E-state index is -0.211. The topological polar surface area (TPSA) is 62.0 Å². The summed E-state index contributed by atoms with van der Waals surface area (Å²) in [4.78, 5) is 28.5. The number of carbonyl (C=O) groups is 2. The molecule has 3 aromatic rings. The van der Waals surface area contributed by atoms with E-state index in [1.165, 1.54) is 22.2 Å². The number of hydrogen-bond acceptors (Lipinski definition) is 2. The molecule has 5 rings (SSSR count). The van der Waals surface area contributed by atoms with Crippen molar-refractivity contribution in [3.63, 3.8) is 0 Å². The number of hydrogen-bond donors (Lipinski definition) is 2. The van der Waals surface area contributed by atoms with Crippen molar-refractivity contribution in [1.29, 1.82) is 0 Å². The highest BCUT2D eigenvalue weighted by Gasteiger charge is 2.28. The van der Waals surface area contributed by atoms with Gasteiger partial charge < -0.3 is 10.3 Å². The van der Waals surface area contributed by atoms with Crippen LogP contribution in [0.3, 0.4) is 0 Å². The van der Waals surface area contributed by atoms with Crippen LogP contribution in [0, 0.1) is 5.92 Å². The van der Waals surface area contributed by atoms with Crippen LogP contribution in [0.5, 0.6) is 0 Å². The van der Waals surface area contributed by atoms with Crippen molar-refractivity contribution in [2.45, 2.75) is 63.8 Å². The highest BCUT2D eigenvalue weighted by atomic mass is 16.2. The number of fused-ring (bicyclic) bond motifs is 3. The number of nitrogens with one attached hydrogen (secondary N) is 2. The first-order chi connectivity index (χ1) is 15.1. The van der Waals surface area contributed by atoms with E-state index in [4.69, 9.17) is 0 Å². The lowest BCUT2D eigenvalue weighted by molar-refractivity contribution is -0.123. The summed E-state index contributed by atoms with van der Waals surface area (Å²) in [5, 5.41) is 4.58. The average molecular weight is 415 g/mol. The fourth-order valence-corrected chi connectivity index (χ4v) is 5.34. The molecule has 0 bridgehead atoms. The molecule has 2 aliphatic rings. The van der Waals surface area contributed by atoms with Crippen LogP contribution >= 0.6 is 0 Å². The molecule has 1 aromatic heterocycles. The van der Waals surface area contributed by atoms with Gasteiger partial charge in [-0.05, 0) is 68.2 Å². The molecule has 1 heterocycles. The maximum atomic E-state index is 13.1. The van der Waals surface area contributed by atoms with Gasteiger partial charge in [0.05, 0.1) is 12.0 Å². The Kier molecular flexibility index (Phi) is 5.39. The summed E-state index contributed by atoms with van der Waals surface area (Å²) in [6, 6.07) is 16.7. The second-order valence-corrected chi connectivity index (χ2v) is 9.24. The van der Waals surface area contributed by atoms with Crippen molar-refractivity contribution in [2.75, 3.05) is 0 Å². The van der Waals surface area contributed by atoms with E-state index >= 15 is 0 Å². The number of aryl methyl sites for hydroxylation is 1. The van der Waals surface area contributed by atoms with Crippen LogP contribution < -0.4 is 5.32 Å². The molecule has 0 radical (unpaired) electrons. The van der Waals surface area contributed by atoms with Gasteiger partial charge in [0, 0.05) is 28.9 Å². The van der Waals surface area contributed by atoms with Crippen LogP contribution in [0.2, 0.25) is 0 Å². The highest BCUT2D eigenvalue weighted by Crippen LogP contribution is 2.35. The Morgan fingerprint density at radius 1 is 1.06 bits per heavy atom. The lowest BCUT2D eigenvalue weighted by Gasteiger charge is -2.25.